The molecule has 2 nitrogen and oxygen atoms in total. The Balaban J connectivity index is 1.25. The van der Waals surface area contributed by atoms with Gasteiger partial charge in [0.15, 0.2) is 0 Å². The molecule has 0 radical (unpaired) electrons. The Kier molecular flexibility index (Phi) is 13.9. The molecular formula is C40H62O2. The number of rotatable bonds is 16. The van der Waals surface area contributed by atoms with Gasteiger partial charge in [0.05, 0.1) is 0 Å². The maximum Gasteiger partial charge on any atom is 0.0493 e. The van der Waals surface area contributed by atoms with Gasteiger partial charge in [0.2, 0.25) is 0 Å². The Hall–Kier alpha value is -1.64. The first-order chi connectivity index (χ1) is 20.6. The summed E-state index contributed by atoms with van der Waals surface area (Å²) in [6, 6.07) is 14.9. The third-order valence-electron chi connectivity index (χ3n) is 11.0. The molecule has 0 bridgehead atoms. The van der Waals surface area contributed by atoms with Crippen molar-refractivity contribution in [3.05, 3.63) is 69.8 Å². The van der Waals surface area contributed by atoms with Gasteiger partial charge in [-0.25, -0.2) is 0 Å². The normalized spacial score (nSPS) is 23.6. The van der Waals surface area contributed by atoms with Gasteiger partial charge >= 0.3 is 0 Å². The lowest BCUT2D eigenvalue weighted by Crippen LogP contribution is -2.25. The summed E-state index contributed by atoms with van der Waals surface area (Å²) in [4.78, 5) is 0. The molecule has 234 valence electrons. The van der Waals surface area contributed by atoms with Gasteiger partial charge in [-0.3, -0.25) is 0 Å². The van der Waals surface area contributed by atoms with E-state index in [2.05, 4.69) is 57.2 Å². The second kappa shape index (κ2) is 17.6. The zero-order chi connectivity index (χ0) is 29.7. The third-order valence-corrected chi connectivity index (χ3v) is 11.0. The summed E-state index contributed by atoms with van der Waals surface area (Å²) in [5.74, 6) is 4.03. The van der Waals surface area contributed by atoms with Crippen LogP contribution in [0.4, 0.5) is 0 Å². The number of hydrogen-bond acceptors (Lipinski definition) is 2. The predicted octanol–water partition coefficient (Wildman–Crippen LogP) is 10.8. The van der Waals surface area contributed by atoms with Gasteiger partial charge in [-0.15, -0.1) is 0 Å². The van der Waals surface area contributed by atoms with Crippen molar-refractivity contribution in [2.45, 2.75) is 135 Å². The largest absolute Gasteiger partial charge is 0.385 e. The third kappa shape index (κ3) is 9.43. The quantitative estimate of drug-likeness (QED) is 0.186. The van der Waals surface area contributed by atoms with E-state index in [1.807, 2.05) is 7.11 Å². The number of hydrogen-bond donors (Lipinski definition) is 0. The standard InChI is InChI=1S/C40H62O2/c1-6-8-9-12-34-20-23-39(28-33(34)7-2)37-16-14-35(15-17-37)36-18-21-38(22-19-36)40-24-13-31(26-30(40)3)27-32(29-42-5)11-10-25-41-4/h13,20,23-24,26,28,32,35-38H,6-12,14-19,21-22,25,27,29H2,1-5H3. The van der Waals surface area contributed by atoms with Gasteiger partial charge in [-0.2, -0.15) is 0 Å². The van der Waals surface area contributed by atoms with Crippen molar-refractivity contribution in [2.24, 2.45) is 17.8 Å². The summed E-state index contributed by atoms with van der Waals surface area (Å²) in [6.07, 6.45) is 21.2. The van der Waals surface area contributed by atoms with Gasteiger partial charge in [0, 0.05) is 27.4 Å². The number of benzene rings is 2. The van der Waals surface area contributed by atoms with Crippen molar-refractivity contribution < 1.29 is 9.47 Å². The number of unbranched alkanes of at least 4 members (excludes halogenated alkanes) is 2. The van der Waals surface area contributed by atoms with Gasteiger partial charge in [0.25, 0.3) is 0 Å². The molecule has 0 amide bonds. The van der Waals surface area contributed by atoms with Crippen molar-refractivity contribution in [2.75, 3.05) is 27.4 Å². The summed E-state index contributed by atoms with van der Waals surface area (Å²) in [6.45, 7) is 8.68. The maximum absolute atomic E-state index is 5.53. The zero-order valence-electron chi connectivity index (χ0n) is 27.9. The highest BCUT2D eigenvalue weighted by atomic mass is 16.5. The van der Waals surface area contributed by atoms with Crippen LogP contribution in [0.1, 0.15) is 143 Å². The van der Waals surface area contributed by atoms with Crippen LogP contribution in [-0.2, 0) is 28.7 Å². The predicted molar refractivity (Wildman–Crippen MR) is 180 cm³/mol. The van der Waals surface area contributed by atoms with E-state index in [9.17, 15) is 0 Å². The summed E-state index contributed by atoms with van der Waals surface area (Å²) in [5, 5.41) is 0. The fraction of sp³-hybridized carbons (Fsp3) is 0.700. The average molecular weight is 575 g/mol. The van der Waals surface area contributed by atoms with Crippen LogP contribution >= 0.6 is 0 Å². The van der Waals surface area contributed by atoms with Crippen molar-refractivity contribution in [1.29, 1.82) is 0 Å². The van der Waals surface area contributed by atoms with E-state index in [0.717, 1.165) is 49.7 Å². The van der Waals surface area contributed by atoms with Gasteiger partial charge < -0.3 is 9.47 Å². The van der Waals surface area contributed by atoms with Crippen LogP contribution < -0.4 is 0 Å². The number of ether oxygens (including phenoxy) is 2. The highest BCUT2D eigenvalue weighted by Gasteiger charge is 2.32. The lowest BCUT2D eigenvalue weighted by molar-refractivity contribution is 0.134. The molecule has 2 saturated carbocycles. The first-order valence-electron chi connectivity index (χ1n) is 17.7. The lowest BCUT2D eigenvalue weighted by Gasteiger charge is -2.38. The molecule has 1 atom stereocenters. The van der Waals surface area contributed by atoms with Crippen LogP contribution in [0.5, 0.6) is 0 Å². The Bertz CT molecular complexity index is 1040. The van der Waals surface area contributed by atoms with Gasteiger partial charge in [-0.1, -0.05) is 63.1 Å². The molecule has 0 spiro atoms. The molecule has 2 fully saturated rings. The molecule has 0 saturated heterocycles. The fourth-order valence-electron chi connectivity index (χ4n) is 8.52. The Morgan fingerprint density at radius 1 is 0.738 bits per heavy atom. The zero-order valence-corrected chi connectivity index (χ0v) is 27.9. The molecule has 0 heterocycles. The second-order valence-corrected chi connectivity index (χ2v) is 13.9. The van der Waals surface area contributed by atoms with Crippen molar-refractivity contribution in [1.82, 2.24) is 0 Å². The smallest absolute Gasteiger partial charge is 0.0493 e. The topological polar surface area (TPSA) is 18.5 Å². The highest BCUT2D eigenvalue weighted by molar-refractivity contribution is 5.35. The minimum Gasteiger partial charge on any atom is -0.385 e. The van der Waals surface area contributed by atoms with Crippen molar-refractivity contribution in [3.8, 4) is 0 Å². The molecular weight excluding hydrogens is 512 g/mol. The van der Waals surface area contributed by atoms with Crippen LogP contribution in [0.25, 0.3) is 0 Å². The SMILES string of the molecule is CCCCCc1ccc(C2CCC(C3CCC(c4ccc(CC(CCCOC)COC)cc4C)CC3)CC2)cc1CC. The minimum absolute atomic E-state index is 0.574. The van der Waals surface area contributed by atoms with Crippen molar-refractivity contribution >= 4 is 0 Å². The van der Waals surface area contributed by atoms with E-state index < -0.39 is 0 Å². The Morgan fingerprint density at radius 3 is 2.07 bits per heavy atom. The monoisotopic (exact) mass is 574 g/mol. The van der Waals surface area contributed by atoms with E-state index in [4.69, 9.17) is 9.47 Å². The molecule has 0 N–H and O–H groups in total. The molecule has 0 aromatic heterocycles. The van der Waals surface area contributed by atoms with E-state index >= 15 is 0 Å². The number of methoxy groups -OCH3 is 2. The van der Waals surface area contributed by atoms with Crippen LogP contribution in [0.3, 0.4) is 0 Å². The average Bonchev–Trinajstić information content (AvgIpc) is 3.02. The molecule has 2 aromatic carbocycles. The maximum atomic E-state index is 5.53. The van der Waals surface area contributed by atoms with Crippen LogP contribution in [0.2, 0.25) is 0 Å². The molecule has 2 aromatic rings. The summed E-state index contributed by atoms with van der Waals surface area (Å²) >= 11 is 0. The molecule has 42 heavy (non-hydrogen) atoms. The first kappa shape index (κ1) is 33.3. The summed E-state index contributed by atoms with van der Waals surface area (Å²) < 4.78 is 10.8. The number of aryl methyl sites for hydroxylation is 3. The van der Waals surface area contributed by atoms with Gasteiger partial charge in [0.1, 0.15) is 0 Å². The van der Waals surface area contributed by atoms with E-state index in [1.165, 1.54) is 101 Å². The summed E-state index contributed by atoms with van der Waals surface area (Å²) in [5.41, 5.74) is 9.46. The lowest BCUT2D eigenvalue weighted by atomic mass is 9.67. The molecule has 1 unspecified atom stereocenters. The Labute approximate surface area is 259 Å². The molecule has 2 aliphatic rings. The van der Waals surface area contributed by atoms with Crippen molar-refractivity contribution in [3.63, 3.8) is 0 Å². The molecule has 4 rings (SSSR count). The van der Waals surface area contributed by atoms with Crippen LogP contribution in [0.15, 0.2) is 36.4 Å². The van der Waals surface area contributed by atoms with E-state index in [1.54, 1.807) is 29.4 Å². The van der Waals surface area contributed by atoms with Gasteiger partial charge in [-0.05, 0) is 160 Å². The van der Waals surface area contributed by atoms with E-state index in [0.29, 0.717) is 5.92 Å². The first-order valence-corrected chi connectivity index (χ1v) is 17.7. The fourth-order valence-corrected chi connectivity index (χ4v) is 8.52. The summed E-state index contributed by atoms with van der Waals surface area (Å²) in [7, 11) is 3.62. The minimum atomic E-state index is 0.574. The van der Waals surface area contributed by atoms with E-state index in [-0.39, 0.29) is 0 Å². The Morgan fingerprint density at radius 2 is 1.45 bits per heavy atom. The van der Waals surface area contributed by atoms with Crippen LogP contribution in [-0.4, -0.2) is 27.4 Å². The van der Waals surface area contributed by atoms with Crippen LogP contribution in [0, 0.1) is 24.7 Å². The molecule has 2 aliphatic carbocycles. The molecule has 2 heteroatoms. The molecule has 0 aliphatic heterocycles. The highest BCUT2D eigenvalue weighted by Crippen LogP contribution is 2.46. The second-order valence-electron chi connectivity index (χ2n) is 13.9.